The first-order chi connectivity index (χ1) is 11.9. The summed E-state index contributed by atoms with van der Waals surface area (Å²) >= 11 is 5.88. The minimum atomic E-state index is -0.792. The molecule has 0 radical (unpaired) electrons. The minimum Gasteiger partial charge on any atom is -0.496 e. The maximum Gasteiger partial charge on any atom is 0.342 e. The predicted octanol–water partition coefficient (Wildman–Crippen LogP) is 2.54. The molecular formula is C17H16ClFN2O4. The third kappa shape index (κ3) is 4.84. The number of carbonyl (C=O) groups excluding carboxylic acids is 2. The summed E-state index contributed by atoms with van der Waals surface area (Å²) in [5.41, 5.74) is 6.26. The van der Waals surface area contributed by atoms with Crippen LogP contribution in [-0.4, -0.2) is 25.6 Å². The van der Waals surface area contributed by atoms with E-state index in [1.54, 1.807) is 18.2 Å². The van der Waals surface area contributed by atoms with E-state index in [1.807, 2.05) is 0 Å². The van der Waals surface area contributed by atoms with Gasteiger partial charge in [-0.05, 0) is 12.1 Å². The van der Waals surface area contributed by atoms with Gasteiger partial charge in [-0.2, -0.15) is 0 Å². The van der Waals surface area contributed by atoms with E-state index in [0.29, 0.717) is 5.56 Å². The van der Waals surface area contributed by atoms with E-state index in [4.69, 9.17) is 26.8 Å². The number of halogens is 2. The largest absolute Gasteiger partial charge is 0.496 e. The Labute approximate surface area is 148 Å². The van der Waals surface area contributed by atoms with Crippen LogP contribution in [0.2, 0.25) is 5.02 Å². The molecule has 2 aromatic rings. The molecule has 0 aliphatic heterocycles. The van der Waals surface area contributed by atoms with Crippen LogP contribution in [0.1, 0.15) is 15.9 Å². The van der Waals surface area contributed by atoms with Crippen molar-refractivity contribution in [3.63, 3.8) is 0 Å². The molecule has 25 heavy (non-hydrogen) atoms. The average molecular weight is 367 g/mol. The highest BCUT2D eigenvalue weighted by atomic mass is 35.5. The molecule has 2 rings (SSSR count). The second-order valence-corrected chi connectivity index (χ2v) is 5.43. The molecule has 0 heterocycles. The van der Waals surface area contributed by atoms with Crippen LogP contribution in [0, 0.1) is 5.82 Å². The van der Waals surface area contributed by atoms with Crippen LogP contribution in [0.15, 0.2) is 36.4 Å². The molecule has 1 amide bonds. The van der Waals surface area contributed by atoms with Crippen LogP contribution >= 0.6 is 11.6 Å². The van der Waals surface area contributed by atoms with Crippen molar-refractivity contribution in [2.24, 2.45) is 0 Å². The Balaban J connectivity index is 1.92. The number of nitrogen functional groups attached to an aromatic ring is 1. The molecule has 0 aromatic heterocycles. The summed E-state index contributed by atoms with van der Waals surface area (Å²) in [5.74, 6) is -1.61. The Hall–Kier alpha value is -2.80. The molecule has 132 valence electrons. The lowest BCUT2D eigenvalue weighted by Gasteiger charge is -2.11. The highest BCUT2D eigenvalue weighted by Gasteiger charge is 2.17. The fraction of sp³-hybridized carbons (Fsp3) is 0.176. The number of amides is 1. The molecule has 6 nitrogen and oxygen atoms in total. The molecule has 8 heteroatoms. The van der Waals surface area contributed by atoms with Crippen LogP contribution in [0.5, 0.6) is 5.75 Å². The Morgan fingerprint density at radius 2 is 2.00 bits per heavy atom. The lowest BCUT2D eigenvalue weighted by atomic mass is 10.2. The van der Waals surface area contributed by atoms with Crippen molar-refractivity contribution in [3.8, 4) is 5.75 Å². The summed E-state index contributed by atoms with van der Waals surface area (Å²) in [7, 11) is 1.36. The van der Waals surface area contributed by atoms with Gasteiger partial charge in [-0.15, -0.1) is 0 Å². The second-order valence-electron chi connectivity index (χ2n) is 5.02. The Morgan fingerprint density at radius 1 is 1.28 bits per heavy atom. The summed E-state index contributed by atoms with van der Waals surface area (Å²) in [6.45, 7) is -0.543. The molecule has 2 aromatic carbocycles. The number of hydrogen-bond donors (Lipinski definition) is 2. The van der Waals surface area contributed by atoms with Crippen LogP contribution in [0.4, 0.5) is 10.1 Å². The van der Waals surface area contributed by atoms with E-state index in [1.165, 1.54) is 25.3 Å². The van der Waals surface area contributed by atoms with Crippen molar-refractivity contribution in [1.82, 2.24) is 5.32 Å². The van der Waals surface area contributed by atoms with E-state index in [-0.39, 0.29) is 28.6 Å². The van der Waals surface area contributed by atoms with Gasteiger partial charge in [0.2, 0.25) is 0 Å². The van der Waals surface area contributed by atoms with Crippen molar-refractivity contribution >= 4 is 29.2 Å². The third-order valence-corrected chi connectivity index (χ3v) is 3.63. The van der Waals surface area contributed by atoms with Gasteiger partial charge in [0.25, 0.3) is 5.91 Å². The topological polar surface area (TPSA) is 90.7 Å². The van der Waals surface area contributed by atoms with Gasteiger partial charge in [0, 0.05) is 18.2 Å². The maximum atomic E-state index is 13.5. The van der Waals surface area contributed by atoms with Crippen LogP contribution in [-0.2, 0) is 16.1 Å². The number of nitrogens with one attached hydrogen (secondary N) is 1. The summed E-state index contributed by atoms with van der Waals surface area (Å²) in [6.07, 6.45) is 0. The monoisotopic (exact) mass is 366 g/mol. The Bertz CT molecular complexity index is 798. The standard InChI is InChI=1S/C17H16ClFN2O4/c1-24-15-7-14(20)12(18)6-11(15)17(23)25-9-16(22)21-8-10-4-2-3-5-13(10)19/h2-7H,8-9,20H2,1H3,(H,21,22). The average Bonchev–Trinajstić information content (AvgIpc) is 2.60. The number of ether oxygens (including phenoxy) is 2. The second kappa shape index (κ2) is 8.34. The van der Waals surface area contributed by atoms with Crippen molar-refractivity contribution in [3.05, 3.63) is 58.4 Å². The first-order valence-electron chi connectivity index (χ1n) is 7.22. The first kappa shape index (κ1) is 18.5. The number of benzene rings is 2. The lowest BCUT2D eigenvalue weighted by Crippen LogP contribution is -2.28. The number of methoxy groups -OCH3 is 1. The van der Waals surface area contributed by atoms with Gasteiger partial charge in [-0.25, -0.2) is 9.18 Å². The van der Waals surface area contributed by atoms with E-state index >= 15 is 0 Å². The molecule has 0 aliphatic rings. The maximum absolute atomic E-state index is 13.5. The summed E-state index contributed by atoms with van der Waals surface area (Å²) in [6, 6.07) is 8.73. The number of esters is 1. The first-order valence-corrected chi connectivity index (χ1v) is 7.60. The van der Waals surface area contributed by atoms with Crippen molar-refractivity contribution in [2.75, 3.05) is 19.5 Å². The number of hydrogen-bond acceptors (Lipinski definition) is 5. The quantitative estimate of drug-likeness (QED) is 0.605. The van der Waals surface area contributed by atoms with Crippen LogP contribution < -0.4 is 15.8 Å². The van der Waals surface area contributed by atoms with Gasteiger partial charge in [-0.1, -0.05) is 29.8 Å². The van der Waals surface area contributed by atoms with E-state index in [9.17, 15) is 14.0 Å². The van der Waals surface area contributed by atoms with Crippen molar-refractivity contribution < 1.29 is 23.5 Å². The molecule has 3 N–H and O–H groups in total. The SMILES string of the molecule is COc1cc(N)c(Cl)cc1C(=O)OCC(=O)NCc1ccccc1F. The number of rotatable bonds is 6. The number of carbonyl (C=O) groups is 2. The number of anilines is 1. The zero-order chi connectivity index (χ0) is 18.4. The van der Waals surface area contributed by atoms with Gasteiger partial charge >= 0.3 is 5.97 Å². The summed E-state index contributed by atoms with van der Waals surface area (Å²) in [5, 5.41) is 2.63. The molecule has 0 aliphatic carbocycles. The van der Waals surface area contributed by atoms with Crippen LogP contribution in [0.25, 0.3) is 0 Å². The molecule has 0 saturated heterocycles. The van der Waals surface area contributed by atoms with Crippen molar-refractivity contribution in [1.29, 1.82) is 0 Å². The minimum absolute atomic E-state index is 0.0138. The fourth-order valence-corrected chi connectivity index (χ4v) is 2.16. The van der Waals surface area contributed by atoms with E-state index in [0.717, 1.165) is 0 Å². The molecule has 0 bridgehead atoms. The predicted molar refractivity (Wildman–Crippen MR) is 90.9 cm³/mol. The zero-order valence-electron chi connectivity index (χ0n) is 13.3. The van der Waals surface area contributed by atoms with E-state index in [2.05, 4.69) is 5.32 Å². The lowest BCUT2D eigenvalue weighted by molar-refractivity contribution is -0.124. The number of nitrogens with two attached hydrogens (primary N) is 1. The molecular weight excluding hydrogens is 351 g/mol. The van der Waals surface area contributed by atoms with Gasteiger partial charge in [0.1, 0.15) is 17.1 Å². The van der Waals surface area contributed by atoms with Crippen LogP contribution in [0.3, 0.4) is 0 Å². The highest BCUT2D eigenvalue weighted by Crippen LogP contribution is 2.29. The molecule has 0 atom stereocenters. The van der Waals surface area contributed by atoms with Gasteiger partial charge in [0.05, 0.1) is 17.8 Å². The zero-order valence-corrected chi connectivity index (χ0v) is 14.1. The van der Waals surface area contributed by atoms with Crippen molar-refractivity contribution in [2.45, 2.75) is 6.54 Å². The third-order valence-electron chi connectivity index (χ3n) is 3.31. The Morgan fingerprint density at radius 3 is 2.68 bits per heavy atom. The molecule has 0 saturated carbocycles. The molecule has 0 fully saturated rings. The summed E-state index contributed by atoms with van der Waals surface area (Å²) < 4.78 is 23.4. The fourth-order valence-electron chi connectivity index (χ4n) is 1.99. The molecule has 0 unspecified atom stereocenters. The van der Waals surface area contributed by atoms with Gasteiger partial charge in [0.15, 0.2) is 6.61 Å². The van der Waals surface area contributed by atoms with Gasteiger partial charge in [-0.3, -0.25) is 4.79 Å². The Kier molecular flexibility index (Phi) is 6.19. The highest BCUT2D eigenvalue weighted by molar-refractivity contribution is 6.33. The van der Waals surface area contributed by atoms with Gasteiger partial charge < -0.3 is 20.5 Å². The normalized spacial score (nSPS) is 10.2. The van der Waals surface area contributed by atoms with E-state index < -0.39 is 24.3 Å². The smallest absolute Gasteiger partial charge is 0.342 e. The molecule has 0 spiro atoms. The summed E-state index contributed by atoms with van der Waals surface area (Å²) in [4.78, 5) is 23.8.